The van der Waals surface area contributed by atoms with Gasteiger partial charge in [-0.05, 0) is 24.3 Å². The second-order valence-corrected chi connectivity index (χ2v) is 7.37. The monoisotopic (exact) mass is 396 g/mol. The standard InChI is InChI=1S/C12H11F3N4O4S2/c1-25(21,22)19-11-18-17-10(24-11)16-9(20)6-23-8-4-2-7(3-5-8)12(13,14)15/h2-5H,6H2,1H3,(H,18,19)(H,16,17,20). The number of sulfonamides is 1. The Kier molecular flexibility index (Phi) is 5.47. The van der Waals surface area contributed by atoms with Crippen LogP contribution >= 0.6 is 11.3 Å². The van der Waals surface area contributed by atoms with E-state index in [1.165, 1.54) is 0 Å². The third-order valence-electron chi connectivity index (χ3n) is 2.50. The molecule has 136 valence electrons. The average molecular weight is 396 g/mol. The van der Waals surface area contributed by atoms with Gasteiger partial charge in [0.1, 0.15) is 5.75 Å². The van der Waals surface area contributed by atoms with Crippen LogP contribution in [0.15, 0.2) is 24.3 Å². The molecular formula is C12H11F3N4O4S2. The fourth-order valence-electron chi connectivity index (χ4n) is 1.52. The van der Waals surface area contributed by atoms with Gasteiger partial charge in [-0.15, -0.1) is 10.2 Å². The molecule has 2 aromatic rings. The Morgan fingerprint density at radius 1 is 1.20 bits per heavy atom. The molecule has 1 aromatic heterocycles. The summed E-state index contributed by atoms with van der Waals surface area (Å²) in [7, 11) is -3.51. The van der Waals surface area contributed by atoms with E-state index in [0.717, 1.165) is 41.9 Å². The van der Waals surface area contributed by atoms with Crippen LogP contribution in [0.5, 0.6) is 5.75 Å². The first-order valence-corrected chi connectivity index (χ1v) is 9.15. The second kappa shape index (κ2) is 7.23. The summed E-state index contributed by atoms with van der Waals surface area (Å²) < 4.78 is 66.5. The van der Waals surface area contributed by atoms with Gasteiger partial charge in [0.2, 0.25) is 20.3 Å². The van der Waals surface area contributed by atoms with Crippen molar-refractivity contribution in [1.82, 2.24) is 10.2 Å². The van der Waals surface area contributed by atoms with Crippen LogP contribution in [-0.2, 0) is 21.0 Å². The molecule has 0 fully saturated rings. The van der Waals surface area contributed by atoms with E-state index < -0.39 is 34.3 Å². The number of carbonyl (C=O) groups excluding carboxylic acids is 1. The number of carbonyl (C=O) groups is 1. The lowest BCUT2D eigenvalue weighted by Gasteiger charge is -2.08. The second-order valence-electron chi connectivity index (χ2n) is 4.65. The average Bonchev–Trinajstić information content (AvgIpc) is 2.89. The number of aromatic nitrogens is 2. The van der Waals surface area contributed by atoms with Gasteiger partial charge in [0.25, 0.3) is 5.91 Å². The summed E-state index contributed by atoms with van der Waals surface area (Å²) in [6.07, 6.45) is -3.52. The lowest BCUT2D eigenvalue weighted by atomic mass is 10.2. The predicted octanol–water partition coefficient (Wildman–Crippen LogP) is 1.95. The number of nitrogens with zero attached hydrogens (tertiary/aromatic N) is 2. The maximum atomic E-state index is 12.4. The van der Waals surface area contributed by atoms with Crippen molar-refractivity contribution in [2.24, 2.45) is 0 Å². The molecule has 0 aliphatic carbocycles. The van der Waals surface area contributed by atoms with Gasteiger partial charge in [0, 0.05) is 0 Å². The first-order valence-electron chi connectivity index (χ1n) is 6.44. The molecule has 1 aromatic carbocycles. The zero-order valence-corrected chi connectivity index (χ0v) is 14.1. The van der Waals surface area contributed by atoms with Gasteiger partial charge in [-0.25, -0.2) is 8.42 Å². The molecule has 25 heavy (non-hydrogen) atoms. The van der Waals surface area contributed by atoms with Crippen LogP contribution in [0.1, 0.15) is 5.56 Å². The summed E-state index contributed by atoms with van der Waals surface area (Å²) in [4.78, 5) is 11.7. The third kappa shape index (κ3) is 6.19. The highest BCUT2D eigenvalue weighted by Gasteiger charge is 2.30. The van der Waals surface area contributed by atoms with Crippen LogP contribution in [0.2, 0.25) is 0 Å². The van der Waals surface area contributed by atoms with Gasteiger partial charge in [-0.2, -0.15) is 13.2 Å². The summed E-state index contributed by atoms with van der Waals surface area (Å²) in [5, 5.41) is 9.41. The van der Waals surface area contributed by atoms with Gasteiger partial charge < -0.3 is 4.74 Å². The van der Waals surface area contributed by atoms with E-state index in [1.807, 2.05) is 0 Å². The van der Waals surface area contributed by atoms with Gasteiger partial charge in [-0.1, -0.05) is 11.3 Å². The van der Waals surface area contributed by atoms with Crippen molar-refractivity contribution in [2.45, 2.75) is 6.18 Å². The molecule has 0 aliphatic rings. The number of amides is 1. The smallest absolute Gasteiger partial charge is 0.416 e. The Bertz CT molecular complexity index is 850. The zero-order valence-electron chi connectivity index (χ0n) is 12.5. The van der Waals surface area contributed by atoms with Crippen LogP contribution in [0.25, 0.3) is 0 Å². The van der Waals surface area contributed by atoms with Crippen molar-refractivity contribution >= 4 is 37.5 Å². The van der Waals surface area contributed by atoms with E-state index >= 15 is 0 Å². The first kappa shape index (κ1) is 18.9. The summed E-state index contributed by atoms with van der Waals surface area (Å²) in [6, 6.07) is 3.85. The Balaban J connectivity index is 1.87. The normalized spacial score (nSPS) is 11.8. The first-order chi connectivity index (χ1) is 11.5. The highest BCUT2D eigenvalue weighted by atomic mass is 32.2. The van der Waals surface area contributed by atoms with Gasteiger partial charge in [-0.3, -0.25) is 14.8 Å². The quantitative estimate of drug-likeness (QED) is 0.772. The molecule has 2 N–H and O–H groups in total. The molecule has 8 nitrogen and oxygen atoms in total. The van der Waals surface area contributed by atoms with Crippen molar-refractivity contribution in [2.75, 3.05) is 22.9 Å². The maximum absolute atomic E-state index is 12.4. The molecule has 1 amide bonds. The largest absolute Gasteiger partial charge is 0.484 e. The number of alkyl halides is 3. The summed E-state index contributed by atoms with van der Waals surface area (Å²) in [5.41, 5.74) is -0.830. The number of rotatable bonds is 6. The van der Waals surface area contributed by atoms with Crippen molar-refractivity contribution < 1.29 is 31.1 Å². The number of hydrogen-bond donors (Lipinski definition) is 2. The van der Waals surface area contributed by atoms with Crippen LogP contribution in [0, 0.1) is 0 Å². The summed E-state index contributed by atoms with van der Waals surface area (Å²) in [6.45, 7) is -0.472. The van der Waals surface area contributed by atoms with Crippen LogP contribution in [0.4, 0.5) is 23.4 Å². The highest BCUT2D eigenvalue weighted by molar-refractivity contribution is 7.92. The van der Waals surface area contributed by atoms with E-state index in [4.69, 9.17) is 4.74 Å². The van der Waals surface area contributed by atoms with Crippen molar-refractivity contribution in [1.29, 1.82) is 0 Å². The zero-order chi connectivity index (χ0) is 18.7. The Labute approximate surface area is 144 Å². The Hall–Kier alpha value is -2.41. The van der Waals surface area contributed by atoms with E-state index in [1.54, 1.807) is 0 Å². The van der Waals surface area contributed by atoms with Gasteiger partial charge in [0.15, 0.2) is 6.61 Å². The van der Waals surface area contributed by atoms with Crippen LogP contribution < -0.4 is 14.8 Å². The number of nitrogens with one attached hydrogen (secondary N) is 2. The molecule has 0 unspecified atom stereocenters. The van der Waals surface area contributed by atoms with Crippen molar-refractivity contribution in [3.8, 4) is 5.75 Å². The molecule has 0 spiro atoms. The number of anilines is 2. The molecule has 0 bridgehead atoms. The van der Waals surface area contributed by atoms with E-state index in [-0.39, 0.29) is 16.0 Å². The highest BCUT2D eigenvalue weighted by Crippen LogP contribution is 2.30. The molecular weight excluding hydrogens is 385 g/mol. The third-order valence-corrected chi connectivity index (χ3v) is 3.94. The Morgan fingerprint density at radius 3 is 2.36 bits per heavy atom. The van der Waals surface area contributed by atoms with Gasteiger partial charge >= 0.3 is 6.18 Å². The van der Waals surface area contributed by atoms with Crippen LogP contribution in [-0.4, -0.2) is 37.4 Å². The van der Waals surface area contributed by atoms with Crippen LogP contribution in [0.3, 0.4) is 0 Å². The lowest BCUT2D eigenvalue weighted by molar-refractivity contribution is -0.137. The minimum Gasteiger partial charge on any atom is -0.484 e. The minimum atomic E-state index is -4.45. The summed E-state index contributed by atoms with van der Waals surface area (Å²) >= 11 is 0.789. The molecule has 0 radical (unpaired) electrons. The topological polar surface area (TPSA) is 110 Å². The van der Waals surface area contributed by atoms with Gasteiger partial charge in [0.05, 0.1) is 11.8 Å². The number of benzene rings is 1. The van der Waals surface area contributed by atoms with E-state index in [2.05, 4.69) is 20.2 Å². The molecule has 0 aliphatic heterocycles. The fourth-order valence-corrected chi connectivity index (χ4v) is 3.01. The minimum absolute atomic E-state index is 0.0264. The number of ether oxygens (including phenoxy) is 1. The predicted molar refractivity (Wildman–Crippen MR) is 83.9 cm³/mol. The lowest BCUT2D eigenvalue weighted by Crippen LogP contribution is -2.20. The fraction of sp³-hybridized carbons (Fsp3) is 0.250. The maximum Gasteiger partial charge on any atom is 0.416 e. The Morgan fingerprint density at radius 2 is 1.80 bits per heavy atom. The van der Waals surface area contributed by atoms with Crippen molar-refractivity contribution in [3.05, 3.63) is 29.8 Å². The molecule has 2 rings (SSSR count). The molecule has 0 saturated heterocycles. The molecule has 0 saturated carbocycles. The molecule has 1 heterocycles. The number of hydrogen-bond acceptors (Lipinski definition) is 7. The SMILES string of the molecule is CS(=O)(=O)Nc1nnc(NC(=O)COc2ccc(C(F)(F)F)cc2)s1. The van der Waals surface area contributed by atoms with E-state index in [0.29, 0.717) is 0 Å². The summed E-state index contributed by atoms with van der Waals surface area (Å²) in [5.74, 6) is -0.554. The van der Waals surface area contributed by atoms with E-state index in [9.17, 15) is 26.4 Å². The number of halogens is 3. The van der Waals surface area contributed by atoms with Crippen molar-refractivity contribution in [3.63, 3.8) is 0 Å². The molecule has 13 heteroatoms. The molecule has 0 atom stereocenters.